The topological polar surface area (TPSA) is 26.3 Å². The molecule has 124 valence electrons. The number of ether oxygens (including phenoxy) is 1. The molecule has 1 aromatic rings. The molecular formula is C17H27ClNO2S+. The van der Waals surface area contributed by atoms with Gasteiger partial charge in [-0.1, -0.05) is 18.9 Å². The zero-order valence-electron chi connectivity index (χ0n) is 13.4. The lowest BCUT2D eigenvalue weighted by Crippen LogP contribution is -2.50. The summed E-state index contributed by atoms with van der Waals surface area (Å²) in [5.74, 6) is 0.0207. The third-order valence-corrected chi connectivity index (χ3v) is 6.32. The van der Waals surface area contributed by atoms with E-state index in [0.717, 1.165) is 43.3 Å². The highest BCUT2D eigenvalue weighted by Gasteiger charge is 2.45. The van der Waals surface area contributed by atoms with Crippen LogP contribution >= 0.6 is 23.7 Å². The molecule has 0 radical (unpaired) electrons. The van der Waals surface area contributed by atoms with Crippen molar-refractivity contribution in [3.05, 3.63) is 22.4 Å². The number of hydrogen-bond acceptors (Lipinski definition) is 3. The minimum absolute atomic E-state index is 0. The number of carbonyl (C=O) groups excluding carboxylic acids is 1. The van der Waals surface area contributed by atoms with Gasteiger partial charge in [0, 0.05) is 4.88 Å². The first-order valence-electron chi connectivity index (χ1n) is 8.20. The first kappa shape index (κ1) is 17.8. The van der Waals surface area contributed by atoms with Crippen molar-refractivity contribution in [3.8, 4) is 0 Å². The van der Waals surface area contributed by atoms with Crippen LogP contribution in [0.15, 0.2) is 17.5 Å². The smallest absolute Gasteiger partial charge is 0.321 e. The van der Waals surface area contributed by atoms with Gasteiger partial charge < -0.3 is 4.74 Å². The molecule has 1 saturated carbocycles. The largest absolute Gasteiger partial charge is 0.414 e. The third-order valence-electron chi connectivity index (χ3n) is 5.24. The van der Waals surface area contributed by atoms with E-state index in [1.54, 1.807) is 11.3 Å². The Hall–Kier alpha value is -0.580. The van der Waals surface area contributed by atoms with E-state index in [4.69, 9.17) is 4.74 Å². The number of rotatable bonds is 4. The van der Waals surface area contributed by atoms with Crippen LogP contribution in [-0.4, -0.2) is 37.3 Å². The fourth-order valence-electron chi connectivity index (χ4n) is 3.84. The molecule has 0 unspecified atom stereocenters. The second-order valence-electron chi connectivity index (χ2n) is 6.95. The van der Waals surface area contributed by atoms with E-state index in [1.807, 2.05) is 6.07 Å². The highest BCUT2D eigenvalue weighted by atomic mass is 35.5. The van der Waals surface area contributed by atoms with Crippen LogP contribution < -0.4 is 0 Å². The van der Waals surface area contributed by atoms with Gasteiger partial charge in [-0.25, -0.2) is 0 Å². The average molecular weight is 345 g/mol. The van der Waals surface area contributed by atoms with E-state index in [1.165, 1.54) is 24.1 Å². The Balaban J connectivity index is 0.00000176. The molecule has 0 amide bonds. The van der Waals surface area contributed by atoms with Crippen molar-refractivity contribution >= 4 is 29.7 Å². The van der Waals surface area contributed by atoms with Gasteiger partial charge in [-0.15, -0.1) is 23.7 Å². The van der Waals surface area contributed by atoms with Crippen molar-refractivity contribution in [2.45, 2.75) is 50.4 Å². The van der Waals surface area contributed by atoms with Crippen molar-refractivity contribution in [3.63, 3.8) is 0 Å². The van der Waals surface area contributed by atoms with E-state index >= 15 is 0 Å². The number of carbonyl (C=O) groups is 1. The maximum atomic E-state index is 12.8. The number of likely N-dealkylation sites (tertiary alicyclic amines) is 1. The number of quaternary nitrogens is 1. The Labute approximate surface area is 143 Å². The molecule has 22 heavy (non-hydrogen) atoms. The van der Waals surface area contributed by atoms with Gasteiger partial charge in [0.1, 0.15) is 5.41 Å². The van der Waals surface area contributed by atoms with E-state index in [2.05, 4.69) is 18.5 Å². The molecule has 0 aromatic carbocycles. The first-order valence-corrected chi connectivity index (χ1v) is 9.07. The summed E-state index contributed by atoms with van der Waals surface area (Å²) in [5.41, 5.74) is -0.344. The molecule has 1 saturated heterocycles. The standard InChI is InChI=1S/C17H26NO2S.ClH/c1-18(11-5-2-6-12-18)14-20-16(19)17(9-3-4-10-17)15-8-7-13-21-15;/h7-8,13H,2-6,9-12,14H2,1H3;1H/q+1;. The molecule has 0 spiro atoms. The normalized spacial score (nSPS) is 22.8. The molecule has 2 aliphatic rings. The highest BCUT2D eigenvalue weighted by molar-refractivity contribution is 7.10. The number of piperidine rings is 1. The van der Waals surface area contributed by atoms with Crippen molar-refractivity contribution in [1.82, 2.24) is 0 Å². The predicted octanol–water partition coefficient (Wildman–Crippen LogP) is 4.11. The molecule has 0 atom stereocenters. The van der Waals surface area contributed by atoms with Crippen LogP contribution in [0.1, 0.15) is 49.8 Å². The second-order valence-corrected chi connectivity index (χ2v) is 7.90. The number of nitrogens with zero attached hydrogens (tertiary/aromatic N) is 1. The van der Waals surface area contributed by atoms with E-state index in [-0.39, 0.29) is 23.8 Å². The zero-order chi connectivity index (χ0) is 14.8. The molecule has 5 heteroatoms. The van der Waals surface area contributed by atoms with Crippen LogP contribution in [0.3, 0.4) is 0 Å². The molecule has 0 bridgehead atoms. The summed E-state index contributed by atoms with van der Waals surface area (Å²) < 4.78 is 6.73. The maximum Gasteiger partial charge on any atom is 0.321 e. The van der Waals surface area contributed by atoms with Gasteiger partial charge in [-0.2, -0.15) is 0 Å². The van der Waals surface area contributed by atoms with Gasteiger partial charge >= 0.3 is 5.97 Å². The summed E-state index contributed by atoms with van der Waals surface area (Å²) >= 11 is 1.70. The lowest BCUT2D eigenvalue weighted by molar-refractivity contribution is -0.930. The Morgan fingerprint density at radius 2 is 1.91 bits per heavy atom. The molecule has 3 nitrogen and oxygen atoms in total. The molecular weight excluding hydrogens is 318 g/mol. The zero-order valence-corrected chi connectivity index (χ0v) is 15.0. The predicted molar refractivity (Wildman–Crippen MR) is 92.4 cm³/mol. The van der Waals surface area contributed by atoms with Crippen LogP contribution in [-0.2, 0) is 14.9 Å². The minimum atomic E-state index is -0.344. The van der Waals surface area contributed by atoms with Crippen molar-refractivity contribution in [2.24, 2.45) is 0 Å². The summed E-state index contributed by atoms with van der Waals surface area (Å²) in [4.78, 5) is 14.0. The molecule has 1 aliphatic heterocycles. The Bertz CT molecular complexity index is 477. The van der Waals surface area contributed by atoms with Crippen molar-refractivity contribution < 1.29 is 14.0 Å². The van der Waals surface area contributed by atoms with Gasteiger partial charge in [-0.3, -0.25) is 9.28 Å². The number of esters is 1. The van der Waals surface area contributed by atoms with Crippen LogP contribution in [0.2, 0.25) is 0 Å². The molecule has 3 rings (SSSR count). The van der Waals surface area contributed by atoms with Gasteiger partial charge in [0.2, 0.25) is 6.73 Å². The summed E-state index contributed by atoms with van der Waals surface area (Å²) in [5, 5.41) is 2.07. The van der Waals surface area contributed by atoms with Gasteiger partial charge in [-0.05, 0) is 43.6 Å². The Kier molecular flexibility index (Phi) is 5.92. The molecule has 2 fully saturated rings. The lowest BCUT2D eigenvalue weighted by atomic mass is 9.84. The maximum absolute atomic E-state index is 12.8. The van der Waals surface area contributed by atoms with E-state index in [9.17, 15) is 4.79 Å². The monoisotopic (exact) mass is 344 g/mol. The van der Waals surface area contributed by atoms with Crippen LogP contribution in [0.4, 0.5) is 0 Å². The molecule has 2 heterocycles. The first-order chi connectivity index (χ1) is 10.1. The fourth-order valence-corrected chi connectivity index (χ4v) is 4.81. The Morgan fingerprint density at radius 3 is 2.50 bits per heavy atom. The van der Waals surface area contributed by atoms with Crippen LogP contribution in [0, 0.1) is 0 Å². The number of halogens is 1. The second kappa shape index (κ2) is 7.33. The lowest BCUT2D eigenvalue weighted by Gasteiger charge is -2.37. The number of thiophene rings is 1. The summed E-state index contributed by atoms with van der Waals surface area (Å²) in [6.45, 7) is 2.82. The summed E-state index contributed by atoms with van der Waals surface area (Å²) in [6, 6.07) is 4.15. The van der Waals surface area contributed by atoms with Crippen LogP contribution in [0.25, 0.3) is 0 Å². The van der Waals surface area contributed by atoms with Crippen molar-refractivity contribution in [2.75, 3.05) is 26.9 Å². The SMILES string of the molecule is C[N+]1(COC(=O)C2(c3cccs3)CCCC2)CCCCC1.Cl. The number of hydrogen-bond donors (Lipinski definition) is 0. The summed E-state index contributed by atoms with van der Waals surface area (Å²) in [7, 11) is 2.22. The third kappa shape index (κ3) is 3.50. The minimum Gasteiger partial charge on any atom is -0.414 e. The molecule has 0 N–H and O–H groups in total. The van der Waals surface area contributed by atoms with Gasteiger partial charge in [0.15, 0.2) is 0 Å². The quantitative estimate of drug-likeness (QED) is 0.607. The summed E-state index contributed by atoms with van der Waals surface area (Å²) in [6.07, 6.45) is 8.01. The van der Waals surface area contributed by atoms with Gasteiger partial charge in [0.25, 0.3) is 0 Å². The van der Waals surface area contributed by atoms with Gasteiger partial charge in [0.05, 0.1) is 20.1 Å². The van der Waals surface area contributed by atoms with E-state index in [0.29, 0.717) is 6.73 Å². The fraction of sp³-hybridized carbons (Fsp3) is 0.706. The van der Waals surface area contributed by atoms with Crippen molar-refractivity contribution in [1.29, 1.82) is 0 Å². The van der Waals surface area contributed by atoms with E-state index < -0.39 is 0 Å². The average Bonchev–Trinajstić information content (AvgIpc) is 3.17. The highest BCUT2D eigenvalue weighted by Crippen LogP contribution is 2.44. The Morgan fingerprint density at radius 1 is 1.23 bits per heavy atom. The molecule has 1 aromatic heterocycles. The van der Waals surface area contributed by atoms with Crippen LogP contribution in [0.5, 0.6) is 0 Å². The molecule has 1 aliphatic carbocycles.